The minimum atomic E-state index is -0.116. The molecule has 18 heavy (non-hydrogen) atoms. The molecule has 3 heteroatoms. The van der Waals surface area contributed by atoms with Gasteiger partial charge in [-0.3, -0.25) is 4.79 Å². The van der Waals surface area contributed by atoms with E-state index >= 15 is 0 Å². The molecule has 0 saturated carbocycles. The van der Waals surface area contributed by atoms with Crippen LogP contribution in [0.5, 0.6) is 0 Å². The molecule has 0 atom stereocenters. The van der Waals surface area contributed by atoms with Crippen molar-refractivity contribution in [1.29, 1.82) is 0 Å². The van der Waals surface area contributed by atoms with Crippen LogP contribution in [0.2, 0.25) is 0 Å². The normalized spacial score (nSPS) is 10.1. The third kappa shape index (κ3) is 2.94. The minimum absolute atomic E-state index is 0.116. The molecule has 3 nitrogen and oxygen atoms in total. The standard InChI is InChI=1S/C15H16N2O/c1-2-11-16-15(18)14-10-6-9-13(17-14)12-7-4-3-5-8-12/h3-10H,2,11H2,1H3,(H,16,18). The first-order valence-electron chi connectivity index (χ1n) is 6.12. The summed E-state index contributed by atoms with van der Waals surface area (Å²) < 4.78 is 0. The maximum absolute atomic E-state index is 11.8. The molecule has 0 spiro atoms. The fourth-order valence-corrected chi connectivity index (χ4v) is 1.66. The van der Waals surface area contributed by atoms with Gasteiger partial charge in [-0.2, -0.15) is 0 Å². The molecule has 2 rings (SSSR count). The number of carbonyl (C=O) groups excluding carboxylic acids is 1. The van der Waals surface area contributed by atoms with Crippen molar-refractivity contribution in [3.8, 4) is 11.3 Å². The first kappa shape index (κ1) is 12.3. The number of benzene rings is 1. The van der Waals surface area contributed by atoms with E-state index in [0.717, 1.165) is 17.7 Å². The summed E-state index contributed by atoms with van der Waals surface area (Å²) in [5.41, 5.74) is 2.30. The van der Waals surface area contributed by atoms with Crippen molar-refractivity contribution in [2.75, 3.05) is 6.54 Å². The number of pyridine rings is 1. The highest BCUT2D eigenvalue weighted by molar-refractivity contribution is 5.92. The van der Waals surface area contributed by atoms with Gasteiger partial charge in [0.2, 0.25) is 0 Å². The second-order valence-electron chi connectivity index (χ2n) is 4.03. The number of aromatic nitrogens is 1. The highest BCUT2D eigenvalue weighted by atomic mass is 16.1. The highest BCUT2D eigenvalue weighted by Gasteiger charge is 2.07. The summed E-state index contributed by atoms with van der Waals surface area (Å²) in [5, 5.41) is 2.83. The van der Waals surface area contributed by atoms with E-state index in [-0.39, 0.29) is 5.91 Å². The number of rotatable bonds is 4. The molecule has 0 radical (unpaired) electrons. The van der Waals surface area contributed by atoms with Gasteiger partial charge in [-0.15, -0.1) is 0 Å². The van der Waals surface area contributed by atoms with Gasteiger partial charge in [0.15, 0.2) is 0 Å². The molecule has 1 aromatic heterocycles. The van der Waals surface area contributed by atoms with Crippen LogP contribution in [0, 0.1) is 0 Å². The van der Waals surface area contributed by atoms with Gasteiger partial charge in [-0.05, 0) is 18.6 Å². The average molecular weight is 240 g/mol. The zero-order chi connectivity index (χ0) is 12.8. The van der Waals surface area contributed by atoms with E-state index in [4.69, 9.17) is 0 Å². The van der Waals surface area contributed by atoms with Gasteiger partial charge in [0.05, 0.1) is 5.69 Å². The lowest BCUT2D eigenvalue weighted by Gasteiger charge is -2.05. The predicted octanol–water partition coefficient (Wildman–Crippen LogP) is 2.89. The Hall–Kier alpha value is -2.16. The fraction of sp³-hybridized carbons (Fsp3) is 0.200. The van der Waals surface area contributed by atoms with Gasteiger partial charge in [0.1, 0.15) is 5.69 Å². The zero-order valence-electron chi connectivity index (χ0n) is 10.4. The number of hydrogen-bond acceptors (Lipinski definition) is 2. The van der Waals surface area contributed by atoms with E-state index in [2.05, 4.69) is 10.3 Å². The van der Waals surface area contributed by atoms with E-state index in [0.29, 0.717) is 12.2 Å². The Morgan fingerprint density at radius 3 is 2.61 bits per heavy atom. The van der Waals surface area contributed by atoms with Crippen molar-refractivity contribution in [1.82, 2.24) is 10.3 Å². The second-order valence-corrected chi connectivity index (χ2v) is 4.03. The molecule has 0 aliphatic rings. The Morgan fingerprint density at radius 2 is 1.89 bits per heavy atom. The quantitative estimate of drug-likeness (QED) is 0.892. The molecule has 92 valence electrons. The summed E-state index contributed by atoms with van der Waals surface area (Å²) in [6, 6.07) is 15.3. The maximum atomic E-state index is 11.8. The minimum Gasteiger partial charge on any atom is -0.351 e. The summed E-state index contributed by atoms with van der Waals surface area (Å²) in [6.07, 6.45) is 0.921. The molecule has 1 N–H and O–H groups in total. The van der Waals surface area contributed by atoms with Crippen molar-refractivity contribution in [2.45, 2.75) is 13.3 Å². The Morgan fingerprint density at radius 1 is 1.11 bits per heavy atom. The van der Waals surface area contributed by atoms with Crippen LogP contribution in [0.15, 0.2) is 48.5 Å². The molecular formula is C15H16N2O. The molecular weight excluding hydrogens is 224 g/mol. The van der Waals surface area contributed by atoms with Crippen LogP contribution in [0.3, 0.4) is 0 Å². The summed E-state index contributed by atoms with van der Waals surface area (Å²) >= 11 is 0. The summed E-state index contributed by atoms with van der Waals surface area (Å²) in [6.45, 7) is 2.70. The van der Waals surface area contributed by atoms with E-state index in [1.807, 2.05) is 49.4 Å². The van der Waals surface area contributed by atoms with Crippen molar-refractivity contribution in [2.24, 2.45) is 0 Å². The predicted molar refractivity (Wildman–Crippen MR) is 72.3 cm³/mol. The van der Waals surface area contributed by atoms with Crippen molar-refractivity contribution < 1.29 is 4.79 Å². The first-order chi connectivity index (χ1) is 8.81. The zero-order valence-corrected chi connectivity index (χ0v) is 10.4. The lowest BCUT2D eigenvalue weighted by atomic mass is 10.1. The van der Waals surface area contributed by atoms with E-state index < -0.39 is 0 Å². The molecule has 0 bridgehead atoms. The van der Waals surface area contributed by atoms with E-state index in [1.165, 1.54) is 0 Å². The van der Waals surface area contributed by atoms with Crippen LogP contribution in [0.25, 0.3) is 11.3 Å². The molecule has 1 heterocycles. The van der Waals surface area contributed by atoms with Gasteiger partial charge in [0.25, 0.3) is 5.91 Å². The number of hydrogen-bond donors (Lipinski definition) is 1. The van der Waals surface area contributed by atoms with Crippen molar-refractivity contribution in [3.05, 3.63) is 54.2 Å². The molecule has 0 fully saturated rings. The Bertz CT molecular complexity index is 523. The number of nitrogens with zero attached hydrogens (tertiary/aromatic N) is 1. The van der Waals surface area contributed by atoms with Crippen LogP contribution >= 0.6 is 0 Å². The monoisotopic (exact) mass is 240 g/mol. The van der Waals surface area contributed by atoms with Gasteiger partial charge in [0, 0.05) is 12.1 Å². The second kappa shape index (κ2) is 5.96. The summed E-state index contributed by atoms with van der Waals surface area (Å²) in [5.74, 6) is -0.116. The highest BCUT2D eigenvalue weighted by Crippen LogP contribution is 2.16. The molecule has 1 aromatic carbocycles. The number of carbonyl (C=O) groups is 1. The summed E-state index contributed by atoms with van der Waals surface area (Å²) in [7, 11) is 0. The molecule has 2 aromatic rings. The third-order valence-electron chi connectivity index (χ3n) is 2.59. The van der Waals surface area contributed by atoms with Crippen LogP contribution in [-0.2, 0) is 0 Å². The van der Waals surface area contributed by atoms with Gasteiger partial charge in [-0.25, -0.2) is 4.98 Å². The molecule has 0 aliphatic heterocycles. The van der Waals surface area contributed by atoms with E-state index in [9.17, 15) is 4.79 Å². The number of amides is 1. The Balaban J connectivity index is 2.23. The van der Waals surface area contributed by atoms with E-state index in [1.54, 1.807) is 6.07 Å². The van der Waals surface area contributed by atoms with Crippen LogP contribution in [0.1, 0.15) is 23.8 Å². The fourth-order valence-electron chi connectivity index (χ4n) is 1.66. The largest absolute Gasteiger partial charge is 0.351 e. The Kier molecular flexibility index (Phi) is 4.07. The molecule has 0 aliphatic carbocycles. The number of nitrogens with one attached hydrogen (secondary N) is 1. The lowest BCUT2D eigenvalue weighted by Crippen LogP contribution is -2.24. The van der Waals surface area contributed by atoms with Crippen molar-refractivity contribution >= 4 is 5.91 Å². The van der Waals surface area contributed by atoms with Crippen LogP contribution in [-0.4, -0.2) is 17.4 Å². The third-order valence-corrected chi connectivity index (χ3v) is 2.59. The average Bonchev–Trinajstić information content (AvgIpc) is 2.46. The SMILES string of the molecule is CCCNC(=O)c1cccc(-c2ccccc2)n1. The molecule has 0 saturated heterocycles. The van der Waals surface area contributed by atoms with Gasteiger partial charge >= 0.3 is 0 Å². The molecule has 0 unspecified atom stereocenters. The van der Waals surface area contributed by atoms with Crippen LogP contribution in [0.4, 0.5) is 0 Å². The summed E-state index contributed by atoms with van der Waals surface area (Å²) in [4.78, 5) is 16.2. The van der Waals surface area contributed by atoms with Gasteiger partial charge < -0.3 is 5.32 Å². The smallest absolute Gasteiger partial charge is 0.269 e. The topological polar surface area (TPSA) is 42.0 Å². The first-order valence-corrected chi connectivity index (χ1v) is 6.12. The maximum Gasteiger partial charge on any atom is 0.269 e. The molecule has 1 amide bonds. The van der Waals surface area contributed by atoms with Crippen molar-refractivity contribution in [3.63, 3.8) is 0 Å². The lowest BCUT2D eigenvalue weighted by molar-refractivity contribution is 0.0949. The van der Waals surface area contributed by atoms with Gasteiger partial charge in [-0.1, -0.05) is 43.3 Å². The van der Waals surface area contributed by atoms with Crippen LogP contribution < -0.4 is 5.32 Å². The Labute approximate surface area is 107 Å².